The number of thioether (sulfide) groups is 1. The van der Waals surface area contributed by atoms with E-state index in [1.807, 2.05) is 12.3 Å². The van der Waals surface area contributed by atoms with Crippen LogP contribution in [0.15, 0.2) is 47.9 Å². The molecule has 5 nitrogen and oxygen atoms in total. The van der Waals surface area contributed by atoms with Crippen LogP contribution >= 0.6 is 11.8 Å². The van der Waals surface area contributed by atoms with Gasteiger partial charge in [0, 0.05) is 18.9 Å². The zero-order valence-corrected chi connectivity index (χ0v) is 15.3. The van der Waals surface area contributed by atoms with E-state index in [9.17, 15) is 4.79 Å². The quantitative estimate of drug-likeness (QED) is 0.636. The Hall–Kier alpha value is -1.92. The number of amides is 1. The topological polar surface area (TPSA) is 58.1 Å². The highest BCUT2D eigenvalue weighted by Gasteiger charge is 2.23. The zero-order valence-electron chi connectivity index (χ0n) is 14.5. The van der Waals surface area contributed by atoms with Crippen LogP contribution in [0.2, 0.25) is 0 Å². The fourth-order valence-corrected chi connectivity index (χ4v) is 3.51. The maximum atomic E-state index is 12.4. The third kappa shape index (κ3) is 4.80. The Morgan fingerprint density at radius 1 is 1.16 bits per heavy atom. The van der Waals surface area contributed by atoms with Crippen LogP contribution in [0, 0.1) is 0 Å². The van der Waals surface area contributed by atoms with Gasteiger partial charge < -0.3 is 5.32 Å². The minimum atomic E-state index is -0.120. The third-order valence-electron chi connectivity index (χ3n) is 4.54. The maximum absolute atomic E-state index is 12.4. The Morgan fingerprint density at radius 2 is 1.84 bits per heavy atom. The largest absolute Gasteiger partial charge is 0.350 e. The maximum Gasteiger partial charge on any atom is 0.254 e. The molecule has 0 spiro atoms. The van der Waals surface area contributed by atoms with Crippen LogP contribution in [-0.4, -0.2) is 46.7 Å². The van der Waals surface area contributed by atoms with Gasteiger partial charge in [-0.05, 0) is 37.8 Å². The molecule has 1 aromatic carbocycles. The van der Waals surface area contributed by atoms with Crippen molar-refractivity contribution in [1.82, 2.24) is 20.2 Å². The molecule has 1 saturated heterocycles. The lowest BCUT2D eigenvalue weighted by Gasteiger charge is -2.35. The first kappa shape index (κ1) is 17.9. The van der Waals surface area contributed by atoms with Crippen molar-refractivity contribution in [3.05, 3.63) is 53.9 Å². The molecule has 2 aromatic rings. The Labute approximate surface area is 153 Å². The molecule has 1 aromatic heterocycles. The van der Waals surface area contributed by atoms with Crippen LogP contribution in [0.25, 0.3) is 0 Å². The van der Waals surface area contributed by atoms with Crippen LogP contribution in [0.1, 0.15) is 41.2 Å². The summed E-state index contributed by atoms with van der Waals surface area (Å²) in [5, 5.41) is 3.74. The summed E-state index contributed by atoms with van der Waals surface area (Å²) in [6.07, 6.45) is 8.84. The summed E-state index contributed by atoms with van der Waals surface area (Å²) in [5.41, 5.74) is 1.75. The Kier molecular flexibility index (Phi) is 6.42. The molecule has 0 aliphatic carbocycles. The number of rotatable bonds is 6. The van der Waals surface area contributed by atoms with Gasteiger partial charge in [-0.25, -0.2) is 9.97 Å². The molecule has 2 heterocycles. The van der Waals surface area contributed by atoms with Crippen molar-refractivity contribution in [3.63, 3.8) is 0 Å². The van der Waals surface area contributed by atoms with Crippen LogP contribution in [0.4, 0.5) is 0 Å². The Bertz CT molecular complexity index is 672. The molecule has 132 valence electrons. The lowest BCUT2D eigenvalue weighted by Crippen LogP contribution is -2.40. The highest BCUT2D eigenvalue weighted by molar-refractivity contribution is 7.98. The third-order valence-corrected chi connectivity index (χ3v) is 5.12. The number of hydrogen-bond donors (Lipinski definition) is 1. The molecule has 0 saturated carbocycles. The number of nitrogens with one attached hydrogen (secondary N) is 1. The van der Waals surface area contributed by atoms with Gasteiger partial charge in [0.1, 0.15) is 0 Å². The van der Waals surface area contributed by atoms with Crippen molar-refractivity contribution in [1.29, 1.82) is 0 Å². The molecule has 0 unspecified atom stereocenters. The van der Waals surface area contributed by atoms with Crippen molar-refractivity contribution in [2.45, 2.75) is 30.5 Å². The van der Waals surface area contributed by atoms with Gasteiger partial charge in [0.25, 0.3) is 5.91 Å². The lowest BCUT2D eigenvalue weighted by molar-refractivity contribution is 0.0923. The van der Waals surface area contributed by atoms with Crippen molar-refractivity contribution >= 4 is 17.7 Å². The smallest absolute Gasteiger partial charge is 0.254 e. The molecule has 1 fully saturated rings. The minimum absolute atomic E-state index is 0.120. The van der Waals surface area contributed by atoms with Crippen molar-refractivity contribution < 1.29 is 4.79 Å². The van der Waals surface area contributed by atoms with Crippen LogP contribution in [-0.2, 0) is 0 Å². The Morgan fingerprint density at radius 3 is 2.48 bits per heavy atom. The first-order chi connectivity index (χ1) is 12.3. The van der Waals surface area contributed by atoms with Gasteiger partial charge in [-0.15, -0.1) is 0 Å². The van der Waals surface area contributed by atoms with Crippen LogP contribution in [0.5, 0.6) is 0 Å². The molecule has 1 aliphatic heterocycles. The molecule has 1 N–H and O–H groups in total. The van der Waals surface area contributed by atoms with E-state index in [1.54, 1.807) is 12.4 Å². The minimum Gasteiger partial charge on any atom is -0.350 e. The van der Waals surface area contributed by atoms with Gasteiger partial charge >= 0.3 is 0 Å². The average Bonchev–Trinajstić information content (AvgIpc) is 2.70. The van der Waals surface area contributed by atoms with Gasteiger partial charge in [-0.3, -0.25) is 9.69 Å². The van der Waals surface area contributed by atoms with E-state index in [0.717, 1.165) is 13.1 Å². The number of likely N-dealkylation sites (tertiary alicyclic amines) is 1. The molecule has 6 heteroatoms. The van der Waals surface area contributed by atoms with Gasteiger partial charge in [0.15, 0.2) is 5.16 Å². The second-order valence-electron chi connectivity index (χ2n) is 6.19. The number of nitrogens with zero attached hydrogens (tertiary/aromatic N) is 3. The van der Waals surface area contributed by atoms with E-state index in [-0.39, 0.29) is 11.9 Å². The molecule has 1 amide bonds. The molecule has 1 atom stereocenters. The van der Waals surface area contributed by atoms with Gasteiger partial charge in [-0.1, -0.05) is 48.5 Å². The van der Waals surface area contributed by atoms with Gasteiger partial charge in [0.05, 0.1) is 11.6 Å². The fourth-order valence-electron chi connectivity index (χ4n) is 3.19. The number of hydrogen-bond acceptors (Lipinski definition) is 5. The second kappa shape index (κ2) is 8.97. The van der Waals surface area contributed by atoms with E-state index < -0.39 is 0 Å². The zero-order chi connectivity index (χ0) is 17.5. The molecule has 25 heavy (non-hydrogen) atoms. The van der Waals surface area contributed by atoms with Gasteiger partial charge in [-0.2, -0.15) is 0 Å². The predicted molar refractivity (Wildman–Crippen MR) is 101 cm³/mol. The summed E-state index contributed by atoms with van der Waals surface area (Å²) in [4.78, 5) is 23.3. The lowest BCUT2D eigenvalue weighted by atomic mass is 10.0. The van der Waals surface area contributed by atoms with E-state index in [4.69, 9.17) is 0 Å². The average molecular weight is 356 g/mol. The summed E-state index contributed by atoms with van der Waals surface area (Å²) in [6.45, 7) is 2.76. The monoisotopic (exact) mass is 356 g/mol. The SMILES string of the molecule is CSc1ncc(C(=O)NC[C@H](c2ccccc2)N2CCCCC2)cn1. The molecule has 0 radical (unpaired) electrons. The predicted octanol–water partition coefficient (Wildman–Crippen LogP) is 3.16. The first-order valence-electron chi connectivity index (χ1n) is 8.71. The number of carbonyl (C=O) groups is 1. The summed E-state index contributed by atoms with van der Waals surface area (Å²) in [7, 11) is 0. The summed E-state index contributed by atoms with van der Waals surface area (Å²) in [5.74, 6) is -0.120. The van der Waals surface area contributed by atoms with E-state index >= 15 is 0 Å². The van der Waals surface area contributed by atoms with E-state index in [1.165, 1.54) is 36.6 Å². The van der Waals surface area contributed by atoms with E-state index in [2.05, 4.69) is 44.5 Å². The fraction of sp³-hybridized carbons (Fsp3) is 0.421. The highest BCUT2D eigenvalue weighted by atomic mass is 32.2. The summed E-state index contributed by atoms with van der Waals surface area (Å²) in [6, 6.07) is 10.6. The molecular weight excluding hydrogens is 332 g/mol. The normalized spacial score (nSPS) is 16.4. The number of piperidine rings is 1. The number of carbonyl (C=O) groups excluding carboxylic acids is 1. The number of benzene rings is 1. The molecule has 0 bridgehead atoms. The van der Waals surface area contributed by atoms with Gasteiger partial charge in [0.2, 0.25) is 0 Å². The standard InChI is InChI=1S/C19H24N4OS/c1-25-19-21-12-16(13-22-19)18(24)20-14-17(15-8-4-2-5-9-15)23-10-6-3-7-11-23/h2,4-5,8-9,12-13,17H,3,6-7,10-11,14H2,1H3,(H,20,24)/t17-/m1/s1. The number of aromatic nitrogens is 2. The van der Waals surface area contributed by atoms with Crippen molar-refractivity contribution in [3.8, 4) is 0 Å². The molecular formula is C19H24N4OS. The molecule has 3 rings (SSSR count). The first-order valence-corrected chi connectivity index (χ1v) is 9.93. The summed E-state index contributed by atoms with van der Waals surface area (Å²) < 4.78 is 0. The second-order valence-corrected chi connectivity index (χ2v) is 6.96. The molecule has 1 aliphatic rings. The summed E-state index contributed by atoms with van der Waals surface area (Å²) >= 11 is 1.46. The Balaban J connectivity index is 1.68. The highest BCUT2D eigenvalue weighted by Crippen LogP contribution is 2.24. The van der Waals surface area contributed by atoms with E-state index in [0.29, 0.717) is 17.3 Å². The van der Waals surface area contributed by atoms with Crippen molar-refractivity contribution in [2.24, 2.45) is 0 Å². The van der Waals surface area contributed by atoms with Crippen molar-refractivity contribution in [2.75, 3.05) is 25.9 Å². The van der Waals surface area contributed by atoms with Crippen LogP contribution < -0.4 is 5.32 Å². The van der Waals surface area contributed by atoms with Crippen LogP contribution in [0.3, 0.4) is 0 Å².